The van der Waals surface area contributed by atoms with Crippen LogP contribution in [0.1, 0.15) is 36.5 Å². The van der Waals surface area contributed by atoms with E-state index in [1.54, 1.807) is 0 Å². The molecule has 2 aromatic carbocycles. The van der Waals surface area contributed by atoms with Crippen LogP contribution in [0.4, 0.5) is 0 Å². The van der Waals surface area contributed by atoms with Gasteiger partial charge in [0.05, 0.1) is 0 Å². The van der Waals surface area contributed by atoms with E-state index in [0.717, 1.165) is 18.8 Å². The van der Waals surface area contributed by atoms with Crippen LogP contribution < -0.4 is 10.1 Å². The zero-order valence-electron chi connectivity index (χ0n) is 13.1. The molecule has 0 fully saturated rings. The molecule has 112 valence electrons. The van der Waals surface area contributed by atoms with E-state index < -0.39 is 0 Å². The minimum absolute atomic E-state index is 0.621. The molecule has 2 nitrogen and oxygen atoms in total. The number of rotatable bonds is 8. The first-order chi connectivity index (χ1) is 10.3. The molecule has 21 heavy (non-hydrogen) atoms. The minimum Gasteiger partial charge on any atom is -0.489 e. The molecule has 0 heterocycles. The Morgan fingerprint density at radius 3 is 2.52 bits per heavy atom. The maximum atomic E-state index is 5.82. The van der Waals surface area contributed by atoms with Crippen molar-refractivity contribution in [3.05, 3.63) is 65.2 Å². The van der Waals surface area contributed by atoms with Gasteiger partial charge >= 0.3 is 0 Å². The maximum absolute atomic E-state index is 5.82. The van der Waals surface area contributed by atoms with Crippen LogP contribution in [0.5, 0.6) is 5.75 Å². The Labute approximate surface area is 128 Å². The summed E-state index contributed by atoms with van der Waals surface area (Å²) in [6, 6.07) is 16.8. The largest absolute Gasteiger partial charge is 0.489 e. The predicted octanol–water partition coefficient (Wildman–Crippen LogP) is 4.46. The van der Waals surface area contributed by atoms with E-state index in [0.29, 0.717) is 6.61 Å². The summed E-state index contributed by atoms with van der Waals surface area (Å²) in [7, 11) is 0. The Kier molecular flexibility index (Phi) is 6.29. The number of unbranched alkanes of at least 4 members (excludes halogenated alkanes) is 1. The van der Waals surface area contributed by atoms with Crippen molar-refractivity contribution < 1.29 is 4.74 Å². The summed E-state index contributed by atoms with van der Waals surface area (Å²) < 4.78 is 5.82. The van der Waals surface area contributed by atoms with E-state index >= 15 is 0 Å². The molecule has 0 unspecified atom stereocenters. The second-order valence-corrected chi connectivity index (χ2v) is 5.45. The van der Waals surface area contributed by atoms with Crippen LogP contribution in [0.2, 0.25) is 0 Å². The number of ether oxygens (including phenoxy) is 1. The topological polar surface area (TPSA) is 21.3 Å². The predicted molar refractivity (Wildman–Crippen MR) is 88.6 cm³/mol. The molecule has 0 bridgehead atoms. The van der Waals surface area contributed by atoms with E-state index in [1.165, 1.54) is 29.5 Å². The van der Waals surface area contributed by atoms with Crippen LogP contribution in [0, 0.1) is 6.92 Å². The molecule has 1 N–H and O–H groups in total. The van der Waals surface area contributed by atoms with Crippen molar-refractivity contribution in [2.45, 2.75) is 39.8 Å². The third-order valence-electron chi connectivity index (χ3n) is 3.45. The number of aryl methyl sites for hydroxylation is 1. The van der Waals surface area contributed by atoms with Gasteiger partial charge in [-0.15, -0.1) is 0 Å². The number of hydrogen-bond acceptors (Lipinski definition) is 2. The van der Waals surface area contributed by atoms with Gasteiger partial charge in [0.15, 0.2) is 0 Å². The summed E-state index contributed by atoms with van der Waals surface area (Å²) in [4.78, 5) is 0. The second-order valence-electron chi connectivity index (χ2n) is 5.45. The molecule has 0 saturated carbocycles. The van der Waals surface area contributed by atoms with Gasteiger partial charge in [0.2, 0.25) is 0 Å². The van der Waals surface area contributed by atoms with E-state index in [2.05, 4.69) is 55.6 Å². The van der Waals surface area contributed by atoms with Crippen molar-refractivity contribution in [3.8, 4) is 5.75 Å². The summed E-state index contributed by atoms with van der Waals surface area (Å²) in [5.74, 6) is 0.925. The highest BCUT2D eigenvalue weighted by atomic mass is 16.5. The fourth-order valence-corrected chi connectivity index (χ4v) is 2.21. The van der Waals surface area contributed by atoms with Crippen LogP contribution in [0.15, 0.2) is 48.5 Å². The molecule has 0 aliphatic heterocycles. The third kappa shape index (κ3) is 5.60. The molecule has 0 aliphatic carbocycles. The lowest BCUT2D eigenvalue weighted by molar-refractivity contribution is 0.306. The first-order valence-electron chi connectivity index (χ1n) is 7.76. The van der Waals surface area contributed by atoms with Crippen LogP contribution >= 0.6 is 0 Å². The second kappa shape index (κ2) is 8.48. The first kappa shape index (κ1) is 15.6. The Morgan fingerprint density at radius 2 is 1.81 bits per heavy atom. The third-order valence-corrected chi connectivity index (χ3v) is 3.45. The van der Waals surface area contributed by atoms with E-state index in [-0.39, 0.29) is 0 Å². The van der Waals surface area contributed by atoms with Crippen molar-refractivity contribution in [1.82, 2.24) is 5.32 Å². The normalized spacial score (nSPS) is 10.6. The average Bonchev–Trinajstić information content (AvgIpc) is 2.51. The Bertz CT molecular complexity index is 534. The van der Waals surface area contributed by atoms with Crippen molar-refractivity contribution in [1.29, 1.82) is 0 Å². The minimum atomic E-state index is 0.621. The number of nitrogens with one attached hydrogen (secondary N) is 1. The lowest BCUT2D eigenvalue weighted by atomic mass is 10.1. The van der Waals surface area contributed by atoms with Crippen LogP contribution in [0.25, 0.3) is 0 Å². The summed E-state index contributed by atoms with van der Waals surface area (Å²) in [6.45, 7) is 6.95. The van der Waals surface area contributed by atoms with Crippen LogP contribution in [-0.2, 0) is 13.2 Å². The molecule has 0 atom stereocenters. The lowest BCUT2D eigenvalue weighted by Crippen LogP contribution is -2.14. The molecular formula is C19H25NO. The standard InChI is InChI=1S/C19H25NO/c1-3-4-12-20-14-17-8-10-19(11-9-17)21-15-18-7-5-6-16(2)13-18/h5-11,13,20H,3-4,12,14-15H2,1-2H3. The van der Waals surface area contributed by atoms with Gasteiger partial charge in [-0.2, -0.15) is 0 Å². The number of hydrogen-bond donors (Lipinski definition) is 1. The Hall–Kier alpha value is -1.80. The van der Waals surface area contributed by atoms with Gasteiger partial charge in [0.25, 0.3) is 0 Å². The molecule has 2 aromatic rings. The molecule has 0 aliphatic rings. The molecule has 0 spiro atoms. The van der Waals surface area contributed by atoms with E-state index in [9.17, 15) is 0 Å². The van der Waals surface area contributed by atoms with Gasteiger partial charge in [-0.1, -0.05) is 55.3 Å². The van der Waals surface area contributed by atoms with Gasteiger partial charge in [0, 0.05) is 6.54 Å². The lowest BCUT2D eigenvalue weighted by Gasteiger charge is -2.08. The van der Waals surface area contributed by atoms with Gasteiger partial charge in [-0.05, 0) is 43.1 Å². The van der Waals surface area contributed by atoms with Crippen molar-refractivity contribution >= 4 is 0 Å². The summed E-state index contributed by atoms with van der Waals surface area (Å²) >= 11 is 0. The molecule has 0 radical (unpaired) electrons. The van der Waals surface area contributed by atoms with E-state index in [1.807, 2.05) is 12.1 Å². The average molecular weight is 283 g/mol. The smallest absolute Gasteiger partial charge is 0.119 e. The van der Waals surface area contributed by atoms with Crippen LogP contribution in [0.3, 0.4) is 0 Å². The van der Waals surface area contributed by atoms with Crippen molar-refractivity contribution in [2.24, 2.45) is 0 Å². The summed E-state index contributed by atoms with van der Waals surface area (Å²) in [6.07, 6.45) is 2.47. The Morgan fingerprint density at radius 1 is 1.00 bits per heavy atom. The maximum Gasteiger partial charge on any atom is 0.119 e. The molecule has 0 saturated heterocycles. The van der Waals surface area contributed by atoms with Gasteiger partial charge in [-0.3, -0.25) is 0 Å². The quantitative estimate of drug-likeness (QED) is 0.722. The monoisotopic (exact) mass is 283 g/mol. The zero-order valence-corrected chi connectivity index (χ0v) is 13.1. The van der Waals surface area contributed by atoms with Crippen molar-refractivity contribution in [2.75, 3.05) is 6.54 Å². The fourth-order valence-electron chi connectivity index (χ4n) is 2.21. The summed E-state index contributed by atoms with van der Waals surface area (Å²) in [5, 5.41) is 3.45. The Balaban J connectivity index is 1.79. The van der Waals surface area contributed by atoms with Crippen LogP contribution in [-0.4, -0.2) is 6.54 Å². The van der Waals surface area contributed by atoms with Crippen molar-refractivity contribution in [3.63, 3.8) is 0 Å². The van der Waals surface area contributed by atoms with Gasteiger partial charge in [-0.25, -0.2) is 0 Å². The van der Waals surface area contributed by atoms with E-state index in [4.69, 9.17) is 4.74 Å². The summed E-state index contributed by atoms with van der Waals surface area (Å²) in [5.41, 5.74) is 3.78. The fraction of sp³-hybridized carbons (Fsp3) is 0.368. The molecule has 0 aromatic heterocycles. The highest BCUT2D eigenvalue weighted by Gasteiger charge is 1.98. The zero-order chi connectivity index (χ0) is 14.9. The molecule has 0 amide bonds. The van der Waals surface area contributed by atoms with Gasteiger partial charge < -0.3 is 10.1 Å². The SMILES string of the molecule is CCCCNCc1ccc(OCc2cccc(C)c2)cc1. The molecule has 2 heteroatoms. The highest BCUT2D eigenvalue weighted by Crippen LogP contribution is 2.14. The highest BCUT2D eigenvalue weighted by molar-refractivity contribution is 5.28. The number of benzene rings is 2. The van der Waals surface area contributed by atoms with Gasteiger partial charge in [0.1, 0.15) is 12.4 Å². The first-order valence-corrected chi connectivity index (χ1v) is 7.76. The molecular weight excluding hydrogens is 258 g/mol. The molecule has 2 rings (SSSR count).